The van der Waals surface area contributed by atoms with E-state index >= 15 is 0 Å². The molecule has 1 aromatic carbocycles. The minimum Gasteiger partial charge on any atom is -0.444 e. The highest BCUT2D eigenvalue weighted by Gasteiger charge is 2.46. The van der Waals surface area contributed by atoms with Gasteiger partial charge in [0.05, 0.1) is 10.5 Å². The zero-order valence-electron chi connectivity index (χ0n) is 17.9. The predicted molar refractivity (Wildman–Crippen MR) is 114 cm³/mol. The molecule has 1 aliphatic heterocycles. The Morgan fingerprint density at radius 3 is 2.29 bits per heavy atom. The summed E-state index contributed by atoms with van der Waals surface area (Å²) in [6.45, 7) is 12.8. The fourth-order valence-electron chi connectivity index (χ4n) is 3.86. The lowest BCUT2D eigenvalue weighted by Gasteiger charge is -2.40. The van der Waals surface area contributed by atoms with Crippen LogP contribution >= 0.6 is 0 Å². The molecule has 0 aromatic heterocycles. The molecule has 5 nitrogen and oxygen atoms in total. The van der Waals surface area contributed by atoms with Crippen LogP contribution in [0.1, 0.15) is 65.5 Å². The Hall–Kier alpha value is -1.69. The Morgan fingerprint density at radius 1 is 1.11 bits per heavy atom. The van der Waals surface area contributed by atoms with Crippen molar-refractivity contribution in [2.75, 3.05) is 13.1 Å². The first-order valence-electron chi connectivity index (χ1n) is 9.99. The molecular weight excluding hydrogens is 372 g/mol. The summed E-state index contributed by atoms with van der Waals surface area (Å²) in [5.74, 6) is 0. The van der Waals surface area contributed by atoms with Crippen molar-refractivity contribution in [1.82, 2.24) is 4.90 Å². The number of benzene rings is 1. The summed E-state index contributed by atoms with van der Waals surface area (Å²) in [6.07, 6.45) is 2.25. The number of hydrogen-bond acceptors (Lipinski definition) is 3. The van der Waals surface area contributed by atoms with E-state index < -0.39 is 21.3 Å². The van der Waals surface area contributed by atoms with Crippen molar-refractivity contribution in [2.24, 2.45) is 9.81 Å². The Bertz CT molecular complexity index is 810. The van der Waals surface area contributed by atoms with Gasteiger partial charge in [-0.05, 0) is 66.4 Å². The molecule has 1 spiro atoms. The third-order valence-electron chi connectivity index (χ3n) is 5.37. The highest BCUT2D eigenvalue weighted by molar-refractivity contribution is 7.85. The lowest BCUT2D eigenvalue weighted by Crippen LogP contribution is -2.47. The van der Waals surface area contributed by atoms with Crippen LogP contribution in [0.5, 0.6) is 0 Å². The predicted octanol–water partition coefficient (Wildman–Crippen LogP) is 4.51. The topological polar surface area (TPSA) is 59.0 Å². The molecule has 1 fully saturated rings. The number of hydrogen-bond donors (Lipinski definition) is 0. The molecule has 1 saturated heterocycles. The molecule has 28 heavy (non-hydrogen) atoms. The second-order valence-corrected chi connectivity index (χ2v) is 11.8. The van der Waals surface area contributed by atoms with Crippen molar-refractivity contribution in [3.05, 3.63) is 35.4 Å². The van der Waals surface area contributed by atoms with Gasteiger partial charge in [0.1, 0.15) is 16.6 Å². The van der Waals surface area contributed by atoms with Crippen LogP contribution in [0.4, 0.5) is 4.79 Å². The van der Waals surface area contributed by atoms with Crippen LogP contribution in [0.2, 0.25) is 0 Å². The maximum atomic E-state index is 12.8. The summed E-state index contributed by atoms with van der Waals surface area (Å²) in [4.78, 5) is 14.2. The van der Waals surface area contributed by atoms with Crippen molar-refractivity contribution in [3.63, 3.8) is 0 Å². The van der Waals surface area contributed by atoms with E-state index in [4.69, 9.17) is 9.13 Å². The van der Waals surface area contributed by atoms with Gasteiger partial charge in [0.2, 0.25) is 0 Å². The molecule has 0 saturated carbocycles. The van der Waals surface area contributed by atoms with Crippen molar-refractivity contribution >= 4 is 22.8 Å². The monoisotopic (exact) mass is 404 g/mol. The highest BCUT2D eigenvalue weighted by Crippen LogP contribution is 2.45. The number of amides is 1. The largest absolute Gasteiger partial charge is 0.444 e. The smallest absolute Gasteiger partial charge is 0.410 e. The zero-order valence-corrected chi connectivity index (χ0v) is 18.7. The maximum Gasteiger partial charge on any atom is 0.410 e. The molecule has 1 aliphatic carbocycles. The summed E-state index contributed by atoms with van der Waals surface area (Å²) in [5.41, 5.74) is 2.69. The van der Waals surface area contributed by atoms with Gasteiger partial charge in [-0.2, -0.15) is 4.40 Å². The fourth-order valence-corrected chi connectivity index (χ4v) is 4.59. The van der Waals surface area contributed by atoms with Gasteiger partial charge in [0.25, 0.3) is 0 Å². The molecule has 0 unspecified atom stereocenters. The average molecular weight is 405 g/mol. The SMILES string of the molecule is CC(C)(C)OC(=O)N1CCC2(CC1)Cc1ccccc1C2=N[S@@](=O)C(C)(C)C. The second-order valence-electron chi connectivity index (χ2n) is 9.88. The molecule has 0 radical (unpaired) electrons. The van der Waals surface area contributed by atoms with Gasteiger partial charge in [-0.3, -0.25) is 0 Å². The third-order valence-corrected chi connectivity index (χ3v) is 6.77. The van der Waals surface area contributed by atoms with Gasteiger partial charge in [-0.1, -0.05) is 24.3 Å². The summed E-state index contributed by atoms with van der Waals surface area (Å²) in [5, 5.41) is 0. The first kappa shape index (κ1) is 21.0. The molecule has 1 atom stereocenters. The molecule has 0 bridgehead atoms. The van der Waals surface area contributed by atoms with E-state index in [1.807, 2.05) is 53.7 Å². The average Bonchev–Trinajstić information content (AvgIpc) is 2.86. The van der Waals surface area contributed by atoms with Crippen LogP contribution in [0, 0.1) is 5.41 Å². The first-order valence-corrected chi connectivity index (χ1v) is 11.1. The van der Waals surface area contributed by atoms with Gasteiger partial charge in [0, 0.05) is 24.1 Å². The molecule has 1 amide bonds. The summed E-state index contributed by atoms with van der Waals surface area (Å²) < 4.78 is 22.7. The molecule has 1 heterocycles. The van der Waals surface area contributed by atoms with Gasteiger partial charge >= 0.3 is 6.09 Å². The molecule has 3 rings (SSSR count). The lowest BCUT2D eigenvalue weighted by molar-refractivity contribution is 0.0159. The van der Waals surface area contributed by atoms with Crippen LogP contribution < -0.4 is 0 Å². The van der Waals surface area contributed by atoms with E-state index in [0.717, 1.165) is 30.5 Å². The van der Waals surface area contributed by atoms with Crippen LogP contribution in [0.25, 0.3) is 0 Å². The van der Waals surface area contributed by atoms with Crippen LogP contribution in [-0.4, -0.2) is 44.4 Å². The standard InChI is InChI=1S/C22H32N2O3S/c1-20(2,3)27-19(25)24-13-11-22(12-14-24)15-16-9-7-8-10-17(16)18(22)23-28(26)21(4,5)6/h7-10H,11-15H2,1-6H3/t28-/m0/s1. The quantitative estimate of drug-likeness (QED) is 0.692. The molecule has 154 valence electrons. The van der Waals surface area contributed by atoms with E-state index in [9.17, 15) is 9.00 Å². The summed E-state index contributed by atoms with van der Waals surface area (Å²) in [6, 6.07) is 8.29. The van der Waals surface area contributed by atoms with Crippen molar-refractivity contribution in [3.8, 4) is 0 Å². The van der Waals surface area contributed by atoms with E-state index in [1.54, 1.807) is 4.90 Å². The molecule has 0 N–H and O–H groups in total. The van der Waals surface area contributed by atoms with Gasteiger partial charge in [-0.15, -0.1) is 0 Å². The number of piperidine rings is 1. The highest BCUT2D eigenvalue weighted by atomic mass is 32.2. The number of nitrogens with zero attached hydrogens (tertiary/aromatic N) is 2. The zero-order chi connectivity index (χ0) is 20.7. The first-order chi connectivity index (χ1) is 12.9. The Labute approximate surface area is 171 Å². The molecule has 6 heteroatoms. The molecule has 2 aliphatic rings. The summed E-state index contributed by atoms with van der Waals surface area (Å²) >= 11 is 0. The van der Waals surface area contributed by atoms with E-state index in [1.165, 1.54) is 5.56 Å². The number of likely N-dealkylation sites (tertiary alicyclic amines) is 1. The van der Waals surface area contributed by atoms with Crippen LogP contribution in [0.3, 0.4) is 0 Å². The second kappa shape index (κ2) is 7.29. The summed E-state index contributed by atoms with van der Waals surface area (Å²) in [7, 11) is -1.31. The van der Waals surface area contributed by atoms with E-state index in [2.05, 4.69) is 12.1 Å². The third kappa shape index (κ3) is 4.32. The fraction of sp³-hybridized carbons (Fsp3) is 0.636. The van der Waals surface area contributed by atoms with Crippen molar-refractivity contribution in [2.45, 2.75) is 71.2 Å². The van der Waals surface area contributed by atoms with Gasteiger partial charge < -0.3 is 9.64 Å². The van der Waals surface area contributed by atoms with Crippen molar-refractivity contribution < 1.29 is 13.7 Å². The van der Waals surface area contributed by atoms with E-state index in [-0.39, 0.29) is 11.5 Å². The van der Waals surface area contributed by atoms with E-state index in [0.29, 0.717) is 13.1 Å². The minimum absolute atomic E-state index is 0.150. The maximum absolute atomic E-state index is 12.8. The van der Waals surface area contributed by atoms with Gasteiger partial charge in [0.15, 0.2) is 0 Å². The Morgan fingerprint density at radius 2 is 1.71 bits per heavy atom. The Kier molecular flexibility index (Phi) is 5.47. The number of carbonyl (C=O) groups is 1. The molecule has 1 aromatic rings. The number of carbonyl (C=O) groups excluding carboxylic acids is 1. The number of ether oxygens (including phenoxy) is 1. The Balaban J connectivity index is 1.86. The van der Waals surface area contributed by atoms with Crippen LogP contribution in [0.15, 0.2) is 28.7 Å². The normalized spacial score (nSPS) is 21.6. The number of fused-ring (bicyclic) bond motifs is 1. The lowest BCUT2D eigenvalue weighted by atomic mass is 9.74. The van der Waals surface area contributed by atoms with Crippen molar-refractivity contribution in [1.29, 1.82) is 0 Å². The molecular formula is C22H32N2O3S. The van der Waals surface area contributed by atoms with Gasteiger partial charge in [-0.25, -0.2) is 9.00 Å². The minimum atomic E-state index is -1.31. The van der Waals surface area contributed by atoms with Crippen LogP contribution in [-0.2, 0) is 22.1 Å². The number of rotatable bonds is 1.